The van der Waals surface area contributed by atoms with Crippen molar-refractivity contribution < 1.29 is 4.74 Å². The molecule has 2 nitrogen and oxygen atoms in total. The van der Waals surface area contributed by atoms with Crippen LogP contribution in [0.4, 0.5) is 0 Å². The van der Waals surface area contributed by atoms with Gasteiger partial charge >= 0.3 is 0 Å². The Morgan fingerprint density at radius 2 is 1.94 bits per heavy atom. The van der Waals surface area contributed by atoms with Gasteiger partial charge in [-0.05, 0) is 31.6 Å². The Bertz CT molecular complexity index is 237. The molecule has 2 unspecified atom stereocenters. The zero-order chi connectivity index (χ0) is 11.6. The molecule has 1 aliphatic carbocycles. The highest BCUT2D eigenvalue weighted by molar-refractivity contribution is 5.02. The molecule has 16 heavy (non-hydrogen) atoms. The van der Waals surface area contributed by atoms with E-state index < -0.39 is 0 Å². The highest BCUT2D eigenvalue weighted by atomic mass is 16.5. The Labute approximate surface area is 100 Å². The molecule has 2 aliphatic rings. The Hall–Kier alpha value is -0.0800. The third kappa shape index (κ3) is 1.91. The van der Waals surface area contributed by atoms with E-state index in [4.69, 9.17) is 4.74 Å². The number of hydrogen-bond acceptors (Lipinski definition) is 2. The normalized spacial score (nSPS) is 38.1. The minimum atomic E-state index is 0.107. The summed E-state index contributed by atoms with van der Waals surface area (Å²) < 4.78 is 6.66. The molecule has 1 saturated carbocycles. The van der Waals surface area contributed by atoms with Gasteiger partial charge in [-0.25, -0.2) is 0 Å². The van der Waals surface area contributed by atoms with Crippen molar-refractivity contribution in [3.63, 3.8) is 0 Å². The fourth-order valence-corrected chi connectivity index (χ4v) is 3.71. The molecule has 0 amide bonds. The van der Waals surface area contributed by atoms with E-state index in [1.165, 1.54) is 25.7 Å². The quantitative estimate of drug-likeness (QED) is 0.797. The van der Waals surface area contributed by atoms with Gasteiger partial charge in [-0.3, -0.25) is 0 Å². The average Bonchev–Trinajstić information content (AvgIpc) is 2.71. The van der Waals surface area contributed by atoms with E-state index in [-0.39, 0.29) is 11.2 Å². The predicted molar refractivity (Wildman–Crippen MR) is 67.6 cm³/mol. The SMILES string of the molecule is CCC1CCCC12CNCC(CC)(CC)O2. The number of rotatable bonds is 3. The smallest absolute Gasteiger partial charge is 0.0842 e. The second kappa shape index (κ2) is 4.66. The minimum Gasteiger partial charge on any atom is -0.366 e. The van der Waals surface area contributed by atoms with Crippen LogP contribution in [0.2, 0.25) is 0 Å². The van der Waals surface area contributed by atoms with Gasteiger partial charge in [0, 0.05) is 13.1 Å². The summed E-state index contributed by atoms with van der Waals surface area (Å²) in [6.07, 6.45) is 7.51. The molecule has 2 fully saturated rings. The lowest BCUT2D eigenvalue weighted by molar-refractivity contribution is -0.196. The summed E-state index contributed by atoms with van der Waals surface area (Å²) in [6.45, 7) is 8.96. The molecule has 2 heteroatoms. The summed E-state index contributed by atoms with van der Waals surface area (Å²) in [5.74, 6) is 0.776. The minimum absolute atomic E-state index is 0.107. The van der Waals surface area contributed by atoms with E-state index >= 15 is 0 Å². The average molecular weight is 225 g/mol. The molecule has 0 aromatic heterocycles. The molecule has 1 aliphatic heterocycles. The largest absolute Gasteiger partial charge is 0.366 e. The van der Waals surface area contributed by atoms with Gasteiger partial charge in [-0.15, -0.1) is 0 Å². The third-order valence-corrected chi connectivity index (χ3v) is 4.97. The highest BCUT2D eigenvalue weighted by Gasteiger charge is 2.50. The van der Waals surface area contributed by atoms with Gasteiger partial charge in [-0.1, -0.05) is 33.6 Å². The van der Waals surface area contributed by atoms with Crippen LogP contribution in [0.15, 0.2) is 0 Å². The molecule has 1 heterocycles. The Morgan fingerprint density at radius 1 is 1.19 bits per heavy atom. The van der Waals surface area contributed by atoms with Crippen LogP contribution in [-0.2, 0) is 4.74 Å². The number of ether oxygens (including phenoxy) is 1. The van der Waals surface area contributed by atoms with E-state index in [0.29, 0.717) is 0 Å². The van der Waals surface area contributed by atoms with E-state index in [1.54, 1.807) is 0 Å². The monoisotopic (exact) mass is 225 g/mol. The lowest BCUT2D eigenvalue weighted by Gasteiger charge is -2.49. The second-order valence-electron chi connectivity index (χ2n) is 5.66. The van der Waals surface area contributed by atoms with Crippen LogP contribution in [0, 0.1) is 5.92 Å². The summed E-state index contributed by atoms with van der Waals surface area (Å²) in [5.41, 5.74) is 0.273. The van der Waals surface area contributed by atoms with E-state index in [2.05, 4.69) is 26.1 Å². The molecular formula is C14H27NO. The Balaban J connectivity index is 2.16. The van der Waals surface area contributed by atoms with Crippen LogP contribution in [0.5, 0.6) is 0 Å². The molecule has 0 aromatic rings. The van der Waals surface area contributed by atoms with Crippen LogP contribution >= 0.6 is 0 Å². The zero-order valence-electron chi connectivity index (χ0n) is 11.1. The van der Waals surface area contributed by atoms with Crippen LogP contribution in [0.3, 0.4) is 0 Å². The summed E-state index contributed by atoms with van der Waals surface area (Å²) in [6, 6.07) is 0. The Kier molecular flexibility index (Phi) is 3.60. The molecule has 94 valence electrons. The second-order valence-corrected chi connectivity index (χ2v) is 5.66. The van der Waals surface area contributed by atoms with E-state index in [0.717, 1.165) is 31.8 Å². The van der Waals surface area contributed by atoms with Crippen molar-refractivity contribution in [1.82, 2.24) is 5.32 Å². The maximum atomic E-state index is 6.66. The van der Waals surface area contributed by atoms with Crippen molar-refractivity contribution in [3.8, 4) is 0 Å². The summed E-state index contributed by atoms with van der Waals surface area (Å²) >= 11 is 0. The van der Waals surface area contributed by atoms with Crippen LogP contribution in [-0.4, -0.2) is 24.3 Å². The molecule has 2 rings (SSSR count). The molecule has 0 radical (unpaired) electrons. The number of nitrogens with one attached hydrogen (secondary N) is 1. The van der Waals surface area contributed by atoms with Crippen molar-refractivity contribution in [3.05, 3.63) is 0 Å². The van der Waals surface area contributed by atoms with Gasteiger partial charge in [0.15, 0.2) is 0 Å². The molecule has 2 atom stereocenters. The standard InChI is InChI=1S/C14H27NO/c1-4-12-8-7-9-14(12)11-15-10-13(5-2,6-3)16-14/h12,15H,4-11H2,1-3H3. The topological polar surface area (TPSA) is 21.3 Å². The molecule has 1 N–H and O–H groups in total. The van der Waals surface area contributed by atoms with Crippen LogP contribution in [0.1, 0.15) is 59.3 Å². The first-order valence-corrected chi connectivity index (χ1v) is 7.11. The first-order chi connectivity index (χ1) is 7.70. The van der Waals surface area contributed by atoms with Gasteiger partial charge in [0.05, 0.1) is 11.2 Å². The van der Waals surface area contributed by atoms with Crippen LogP contribution in [0.25, 0.3) is 0 Å². The summed E-state index contributed by atoms with van der Waals surface area (Å²) in [5, 5.41) is 3.65. The maximum Gasteiger partial charge on any atom is 0.0842 e. The fraction of sp³-hybridized carbons (Fsp3) is 1.00. The van der Waals surface area contributed by atoms with E-state index in [9.17, 15) is 0 Å². The maximum absolute atomic E-state index is 6.66. The lowest BCUT2D eigenvalue weighted by Crippen LogP contribution is -2.61. The third-order valence-electron chi connectivity index (χ3n) is 4.97. The fourth-order valence-electron chi connectivity index (χ4n) is 3.71. The molecule has 0 bridgehead atoms. The Morgan fingerprint density at radius 3 is 2.56 bits per heavy atom. The molecule has 0 aromatic carbocycles. The van der Waals surface area contributed by atoms with Gasteiger partial charge in [0.1, 0.15) is 0 Å². The van der Waals surface area contributed by atoms with Crippen molar-refractivity contribution in [2.24, 2.45) is 5.92 Å². The number of hydrogen-bond donors (Lipinski definition) is 1. The van der Waals surface area contributed by atoms with Gasteiger partial charge < -0.3 is 10.1 Å². The molecule has 1 saturated heterocycles. The lowest BCUT2D eigenvalue weighted by atomic mass is 9.83. The van der Waals surface area contributed by atoms with Gasteiger partial charge in [0.2, 0.25) is 0 Å². The zero-order valence-corrected chi connectivity index (χ0v) is 11.1. The van der Waals surface area contributed by atoms with Crippen molar-refractivity contribution in [2.45, 2.75) is 70.5 Å². The highest BCUT2D eigenvalue weighted by Crippen LogP contribution is 2.45. The molecule has 1 spiro atoms. The predicted octanol–water partition coefficient (Wildman–Crippen LogP) is 3.11. The van der Waals surface area contributed by atoms with Crippen molar-refractivity contribution >= 4 is 0 Å². The van der Waals surface area contributed by atoms with Crippen LogP contribution < -0.4 is 5.32 Å². The summed E-state index contributed by atoms with van der Waals surface area (Å²) in [4.78, 5) is 0. The number of morpholine rings is 1. The first kappa shape index (κ1) is 12.4. The van der Waals surface area contributed by atoms with Gasteiger partial charge in [0.25, 0.3) is 0 Å². The molecular weight excluding hydrogens is 198 g/mol. The van der Waals surface area contributed by atoms with Crippen molar-refractivity contribution in [2.75, 3.05) is 13.1 Å². The van der Waals surface area contributed by atoms with Crippen molar-refractivity contribution in [1.29, 1.82) is 0 Å². The van der Waals surface area contributed by atoms with E-state index in [1.807, 2.05) is 0 Å². The van der Waals surface area contributed by atoms with Gasteiger partial charge in [-0.2, -0.15) is 0 Å². The summed E-state index contributed by atoms with van der Waals surface area (Å²) in [7, 11) is 0. The first-order valence-electron chi connectivity index (χ1n) is 7.11.